The highest BCUT2D eigenvalue weighted by atomic mass is 19.1. The van der Waals surface area contributed by atoms with E-state index in [9.17, 15) is 14.0 Å². The highest BCUT2D eigenvalue weighted by Crippen LogP contribution is 2.47. The minimum Gasteiger partial charge on any atom is -0.481 e. The van der Waals surface area contributed by atoms with Gasteiger partial charge in [-0.1, -0.05) is 12.1 Å². The van der Waals surface area contributed by atoms with Crippen LogP contribution in [0.1, 0.15) is 37.2 Å². The first kappa shape index (κ1) is 14.0. The minimum atomic E-state index is -0.776. The van der Waals surface area contributed by atoms with E-state index in [4.69, 9.17) is 5.11 Å². The summed E-state index contributed by atoms with van der Waals surface area (Å²) < 4.78 is 12.9. The molecule has 2 aliphatic rings. The largest absolute Gasteiger partial charge is 0.481 e. The SMILES string of the molecule is O=C(N[C@H]1CC[C@@H](C(=O)O)C1)C1CC1c1ccc(F)cc1. The second kappa shape index (κ2) is 5.47. The summed E-state index contributed by atoms with van der Waals surface area (Å²) in [5.41, 5.74) is 0.992. The van der Waals surface area contributed by atoms with E-state index >= 15 is 0 Å². The molecule has 0 radical (unpaired) electrons. The fraction of sp³-hybridized carbons (Fsp3) is 0.500. The third-order valence-electron chi connectivity index (χ3n) is 4.55. The maximum Gasteiger partial charge on any atom is 0.306 e. The van der Waals surface area contributed by atoms with Crippen molar-refractivity contribution in [2.45, 2.75) is 37.6 Å². The van der Waals surface area contributed by atoms with E-state index in [1.165, 1.54) is 12.1 Å². The van der Waals surface area contributed by atoms with Crippen LogP contribution in [0.25, 0.3) is 0 Å². The Morgan fingerprint density at radius 1 is 1.14 bits per heavy atom. The number of halogens is 1. The summed E-state index contributed by atoms with van der Waals surface area (Å²) in [7, 11) is 0. The Morgan fingerprint density at radius 2 is 1.86 bits per heavy atom. The van der Waals surface area contributed by atoms with Crippen molar-refractivity contribution in [3.05, 3.63) is 35.6 Å². The smallest absolute Gasteiger partial charge is 0.306 e. The molecule has 4 nitrogen and oxygen atoms in total. The Morgan fingerprint density at radius 3 is 2.48 bits per heavy atom. The number of aliphatic carboxylic acids is 1. The van der Waals surface area contributed by atoms with E-state index in [0.29, 0.717) is 12.8 Å². The molecule has 2 fully saturated rings. The Hall–Kier alpha value is -1.91. The lowest BCUT2D eigenvalue weighted by molar-refractivity contribution is -0.141. The van der Waals surface area contributed by atoms with E-state index < -0.39 is 5.97 Å². The highest BCUT2D eigenvalue weighted by molar-refractivity contribution is 5.83. The lowest BCUT2D eigenvalue weighted by Crippen LogP contribution is -2.34. The van der Waals surface area contributed by atoms with Crippen molar-refractivity contribution in [1.29, 1.82) is 0 Å². The summed E-state index contributed by atoms with van der Waals surface area (Å²) in [6, 6.07) is 6.26. The molecule has 5 heteroatoms. The number of amides is 1. The molecule has 1 aromatic carbocycles. The number of benzene rings is 1. The van der Waals surface area contributed by atoms with Crippen molar-refractivity contribution in [2.24, 2.45) is 11.8 Å². The molecule has 0 spiro atoms. The molecule has 112 valence electrons. The van der Waals surface area contributed by atoms with Crippen LogP contribution in [0.5, 0.6) is 0 Å². The Labute approximate surface area is 122 Å². The van der Waals surface area contributed by atoms with Gasteiger partial charge in [-0.15, -0.1) is 0 Å². The zero-order valence-corrected chi connectivity index (χ0v) is 11.6. The summed E-state index contributed by atoms with van der Waals surface area (Å²) in [6.07, 6.45) is 2.67. The van der Waals surface area contributed by atoms with Gasteiger partial charge in [0.2, 0.25) is 5.91 Å². The summed E-state index contributed by atoms with van der Waals surface area (Å²) >= 11 is 0. The first-order valence-corrected chi connectivity index (χ1v) is 7.33. The molecule has 0 aliphatic heterocycles. The van der Waals surface area contributed by atoms with Gasteiger partial charge in [0.15, 0.2) is 0 Å². The summed E-state index contributed by atoms with van der Waals surface area (Å²) in [4.78, 5) is 23.1. The van der Waals surface area contributed by atoms with Crippen molar-refractivity contribution in [3.8, 4) is 0 Å². The van der Waals surface area contributed by atoms with Gasteiger partial charge >= 0.3 is 5.97 Å². The lowest BCUT2D eigenvalue weighted by atomic mass is 10.1. The van der Waals surface area contributed by atoms with Gasteiger partial charge in [-0.25, -0.2) is 4.39 Å². The Kier molecular flexibility index (Phi) is 3.66. The first-order chi connectivity index (χ1) is 10.0. The number of carbonyl (C=O) groups is 2. The summed E-state index contributed by atoms with van der Waals surface area (Å²) in [5.74, 6) is -1.27. The first-order valence-electron chi connectivity index (χ1n) is 7.33. The van der Waals surface area contributed by atoms with Crippen LogP contribution in [-0.4, -0.2) is 23.0 Å². The van der Waals surface area contributed by atoms with Gasteiger partial charge in [0, 0.05) is 12.0 Å². The van der Waals surface area contributed by atoms with Crippen LogP contribution in [0, 0.1) is 17.7 Å². The lowest BCUT2D eigenvalue weighted by Gasteiger charge is -2.12. The van der Waals surface area contributed by atoms with Crippen LogP contribution in [0.2, 0.25) is 0 Å². The molecule has 4 atom stereocenters. The van der Waals surface area contributed by atoms with Crippen LogP contribution in [0.15, 0.2) is 24.3 Å². The quantitative estimate of drug-likeness (QED) is 0.894. The van der Waals surface area contributed by atoms with E-state index in [1.807, 2.05) is 0 Å². The standard InChI is InChI=1S/C16H18FNO3/c17-11-4-1-9(2-5-11)13-8-14(13)15(19)18-12-6-3-10(7-12)16(20)21/h1-2,4-5,10,12-14H,3,6-8H2,(H,18,19)(H,20,21)/t10-,12+,13?,14?/m1/s1. The van der Waals surface area contributed by atoms with Gasteiger partial charge in [0.25, 0.3) is 0 Å². The molecule has 3 rings (SSSR count). The predicted molar refractivity (Wildman–Crippen MR) is 74.2 cm³/mol. The van der Waals surface area contributed by atoms with E-state index in [1.54, 1.807) is 12.1 Å². The van der Waals surface area contributed by atoms with Gasteiger partial charge in [0.1, 0.15) is 5.82 Å². The predicted octanol–water partition coefficient (Wildman–Crippen LogP) is 2.30. The van der Waals surface area contributed by atoms with Crippen molar-refractivity contribution < 1.29 is 19.1 Å². The molecule has 1 amide bonds. The van der Waals surface area contributed by atoms with Crippen LogP contribution in [0.3, 0.4) is 0 Å². The molecule has 2 aliphatic carbocycles. The maximum atomic E-state index is 12.9. The van der Waals surface area contributed by atoms with Crippen LogP contribution < -0.4 is 5.32 Å². The van der Waals surface area contributed by atoms with Crippen molar-refractivity contribution in [1.82, 2.24) is 5.32 Å². The average Bonchev–Trinajstić information content (AvgIpc) is 3.11. The van der Waals surface area contributed by atoms with Gasteiger partial charge in [0.05, 0.1) is 5.92 Å². The highest BCUT2D eigenvalue weighted by Gasteiger charge is 2.45. The number of carboxylic acids is 1. The monoisotopic (exact) mass is 291 g/mol. The number of rotatable bonds is 4. The fourth-order valence-electron chi connectivity index (χ4n) is 3.21. The number of nitrogens with one attached hydrogen (secondary N) is 1. The normalized spacial score (nSPS) is 30.9. The average molecular weight is 291 g/mol. The van der Waals surface area contributed by atoms with E-state index in [0.717, 1.165) is 18.4 Å². The van der Waals surface area contributed by atoms with Crippen molar-refractivity contribution >= 4 is 11.9 Å². The molecule has 2 saturated carbocycles. The molecule has 0 heterocycles. The minimum absolute atomic E-state index is 0.000337. The van der Waals surface area contributed by atoms with Crippen LogP contribution >= 0.6 is 0 Å². The van der Waals surface area contributed by atoms with E-state index in [-0.39, 0.29) is 35.5 Å². The van der Waals surface area contributed by atoms with Crippen molar-refractivity contribution in [3.63, 3.8) is 0 Å². The van der Waals surface area contributed by atoms with Gasteiger partial charge in [-0.2, -0.15) is 0 Å². The molecule has 21 heavy (non-hydrogen) atoms. The second-order valence-electron chi connectivity index (χ2n) is 6.05. The van der Waals surface area contributed by atoms with E-state index in [2.05, 4.69) is 5.32 Å². The molecular formula is C16H18FNO3. The molecule has 0 saturated heterocycles. The summed E-state index contributed by atoms with van der Waals surface area (Å²) in [6.45, 7) is 0. The molecule has 0 bridgehead atoms. The van der Waals surface area contributed by atoms with Gasteiger partial charge < -0.3 is 10.4 Å². The zero-order valence-electron chi connectivity index (χ0n) is 11.6. The topological polar surface area (TPSA) is 66.4 Å². The maximum absolute atomic E-state index is 12.9. The Bertz CT molecular complexity index is 557. The molecule has 1 aromatic rings. The van der Waals surface area contributed by atoms with Gasteiger partial charge in [-0.3, -0.25) is 9.59 Å². The van der Waals surface area contributed by atoms with Gasteiger partial charge in [-0.05, 0) is 49.3 Å². The fourth-order valence-corrected chi connectivity index (χ4v) is 3.21. The van der Waals surface area contributed by atoms with Crippen LogP contribution in [0.4, 0.5) is 4.39 Å². The molecular weight excluding hydrogens is 273 g/mol. The summed E-state index contributed by atoms with van der Waals surface area (Å²) in [5, 5.41) is 11.9. The number of carboxylic acid groups (broad SMARTS) is 1. The number of hydrogen-bond donors (Lipinski definition) is 2. The molecule has 0 aromatic heterocycles. The molecule has 2 N–H and O–H groups in total. The zero-order chi connectivity index (χ0) is 15.0. The molecule has 2 unspecified atom stereocenters. The van der Waals surface area contributed by atoms with Crippen LogP contribution in [-0.2, 0) is 9.59 Å². The van der Waals surface area contributed by atoms with Crippen molar-refractivity contribution in [2.75, 3.05) is 0 Å². The number of carbonyl (C=O) groups excluding carboxylic acids is 1. The Balaban J connectivity index is 1.52. The number of hydrogen-bond acceptors (Lipinski definition) is 2. The third kappa shape index (κ3) is 3.06. The second-order valence-corrected chi connectivity index (χ2v) is 6.05. The third-order valence-corrected chi connectivity index (χ3v) is 4.55.